The highest BCUT2D eigenvalue weighted by molar-refractivity contribution is 5.77. The SMILES string of the molecule is CC(=O)Cc1cn([C@H]2O[C@@H](CO)C(O)C2O)c(=O)[nH]c1=O. The number of carbonyl (C=O) groups is 1. The van der Waals surface area contributed by atoms with Gasteiger partial charge in [-0.2, -0.15) is 0 Å². The summed E-state index contributed by atoms with van der Waals surface area (Å²) in [6.07, 6.45) is -4.17. The summed E-state index contributed by atoms with van der Waals surface area (Å²) in [5.74, 6) is -0.271. The Morgan fingerprint density at radius 3 is 2.57 bits per heavy atom. The molecular formula is C12H16N2O7. The summed E-state index contributed by atoms with van der Waals surface area (Å²) in [5.41, 5.74) is -1.50. The van der Waals surface area contributed by atoms with Crippen LogP contribution in [0.15, 0.2) is 15.8 Å². The van der Waals surface area contributed by atoms with Crippen molar-refractivity contribution in [3.63, 3.8) is 0 Å². The third kappa shape index (κ3) is 2.95. The van der Waals surface area contributed by atoms with Crippen molar-refractivity contribution in [1.82, 2.24) is 9.55 Å². The zero-order chi connectivity index (χ0) is 15.7. The van der Waals surface area contributed by atoms with Gasteiger partial charge in [-0.05, 0) is 6.92 Å². The zero-order valence-electron chi connectivity index (χ0n) is 11.2. The van der Waals surface area contributed by atoms with E-state index >= 15 is 0 Å². The molecule has 0 spiro atoms. The summed E-state index contributed by atoms with van der Waals surface area (Å²) in [5, 5.41) is 28.6. The van der Waals surface area contributed by atoms with Crippen molar-refractivity contribution in [3.05, 3.63) is 32.6 Å². The number of ketones is 1. The largest absolute Gasteiger partial charge is 0.394 e. The van der Waals surface area contributed by atoms with Crippen molar-refractivity contribution < 1.29 is 24.9 Å². The average Bonchev–Trinajstić information content (AvgIpc) is 2.69. The minimum atomic E-state index is -1.45. The van der Waals surface area contributed by atoms with E-state index in [2.05, 4.69) is 0 Å². The minimum absolute atomic E-state index is 0.0415. The number of hydrogen-bond donors (Lipinski definition) is 4. The Labute approximate surface area is 118 Å². The number of nitrogens with one attached hydrogen (secondary N) is 1. The van der Waals surface area contributed by atoms with Crippen LogP contribution in [0, 0.1) is 0 Å². The molecule has 0 amide bonds. The number of aliphatic hydroxyl groups excluding tert-OH is 3. The van der Waals surface area contributed by atoms with Gasteiger partial charge < -0.3 is 20.1 Å². The fourth-order valence-electron chi connectivity index (χ4n) is 2.22. The molecule has 4 atom stereocenters. The van der Waals surface area contributed by atoms with Gasteiger partial charge in [0.1, 0.15) is 24.1 Å². The minimum Gasteiger partial charge on any atom is -0.394 e. The lowest BCUT2D eigenvalue weighted by Gasteiger charge is -2.17. The van der Waals surface area contributed by atoms with Crippen molar-refractivity contribution in [2.45, 2.75) is 37.9 Å². The van der Waals surface area contributed by atoms with Crippen LogP contribution in [-0.2, 0) is 16.0 Å². The third-order valence-electron chi connectivity index (χ3n) is 3.27. The van der Waals surface area contributed by atoms with Gasteiger partial charge in [0.05, 0.1) is 6.61 Å². The van der Waals surface area contributed by atoms with Gasteiger partial charge in [-0.3, -0.25) is 19.1 Å². The van der Waals surface area contributed by atoms with Crippen molar-refractivity contribution in [3.8, 4) is 0 Å². The molecule has 1 aliphatic heterocycles. The van der Waals surface area contributed by atoms with Crippen LogP contribution < -0.4 is 11.2 Å². The number of Topliss-reactive ketones (excluding diaryl/α,β-unsaturated/α-hetero) is 1. The smallest absolute Gasteiger partial charge is 0.330 e. The molecule has 0 radical (unpaired) electrons. The predicted octanol–water partition coefficient (Wildman–Crippen LogP) is -2.72. The Morgan fingerprint density at radius 2 is 2.05 bits per heavy atom. The topological polar surface area (TPSA) is 142 Å². The molecule has 1 aromatic rings. The molecule has 1 aliphatic rings. The lowest BCUT2D eigenvalue weighted by Crippen LogP contribution is -2.39. The molecule has 0 bridgehead atoms. The summed E-state index contributed by atoms with van der Waals surface area (Å²) in [4.78, 5) is 36.5. The number of aromatic amines is 1. The van der Waals surface area contributed by atoms with Crippen LogP contribution in [0.4, 0.5) is 0 Å². The first-order chi connectivity index (χ1) is 9.85. The van der Waals surface area contributed by atoms with Gasteiger partial charge in [-0.1, -0.05) is 0 Å². The second-order valence-corrected chi connectivity index (χ2v) is 4.93. The molecule has 9 heteroatoms. The van der Waals surface area contributed by atoms with Gasteiger partial charge in [0.2, 0.25) is 0 Å². The lowest BCUT2D eigenvalue weighted by atomic mass is 10.1. The van der Waals surface area contributed by atoms with E-state index in [9.17, 15) is 24.6 Å². The van der Waals surface area contributed by atoms with Gasteiger partial charge >= 0.3 is 5.69 Å². The molecule has 2 unspecified atom stereocenters. The van der Waals surface area contributed by atoms with Crippen molar-refractivity contribution in [1.29, 1.82) is 0 Å². The maximum Gasteiger partial charge on any atom is 0.330 e. The maximum absolute atomic E-state index is 11.8. The highest BCUT2D eigenvalue weighted by Crippen LogP contribution is 2.27. The van der Waals surface area contributed by atoms with Gasteiger partial charge in [-0.25, -0.2) is 4.79 Å². The van der Waals surface area contributed by atoms with E-state index in [1.807, 2.05) is 4.98 Å². The number of nitrogens with zero attached hydrogens (tertiary/aromatic N) is 1. The van der Waals surface area contributed by atoms with Gasteiger partial charge in [0, 0.05) is 18.2 Å². The van der Waals surface area contributed by atoms with Crippen LogP contribution in [0.3, 0.4) is 0 Å². The Bertz CT molecular complexity index is 650. The number of ether oxygens (including phenoxy) is 1. The van der Waals surface area contributed by atoms with E-state index < -0.39 is 42.4 Å². The molecule has 2 heterocycles. The van der Waals surface area contributed by atoms with Gasteiger partial charge in [0.25, 0.3) is 5.56 Å². The molecule has 4 N–H and O–H groups in total. The van der Waals surface area contributed by atoms with E-state index in [1.165, 1.54) is 6.92 Å². The number of H-pyrrole nitrogens is 1. The molecule has 0 aliphatic carbocycles. The highest BCUT2D eigenvalue weighted by atomic mass is 16.6. The van der Waals surface area contributed by atoms with Crippen LogP contribution in [0.5, 0.6) is 0 Å². The monoisotopic (exact) mass is 300 g/mol. The molecular weight excluding hydrogens is 284 g/mol. The van der Waals surface area contributed by atoms with Crippen LogP contribution in [0.2, 0.25) is 0 Å². The van der Waals surface area contributed by atoms with E-state index in [0.29, 0.717) is 0 Å². The zero-order valence-corrected chi connectivity index (χ0v) is 11.2. The van der Waals surface area contributed by atoms with E-state index in [-0.39, 0.29) is 17.8 Å². The summed E-state index contributed by atoms with van der Waals surface area (Å²) >= 11 is 0. The Hall–Kier alpha value is -1.81. The second-order valence-electron chi connectivity index (χ2n) is 4.93. The number of aliphatic hydroxyl groups is 3. The Kier molecular flexibility index (Phi) is 4.37. The molecule has 1 aromatic heterocycles. The van der Waals surface area contributed by atoms with Crippen LogP contribution in [0.1, 0.15) is 18.7 Å². The summed E-state index contributed by atoms with van der Waals surface area (Å²) in [6.45, 7) is 0.758. The molecule has 9 nitrogen and oxygen atoms in total. The fourth-order valence-corrected chi connectivity index (χ4v) is 2.22. The number of aromatic nitrogens is 2. The quantitative estimate of drug-likeness (QED) is 0.473. The maximum atomic E-state index is 11.8. The van der Waals surface area contributed by atoms with Gasteiger partial charge in [-0.15, -0.1) is 0 Å². The van der Waals surface area contributed by atoms with E-state index in [4.69, 9.17) is 9.84 Å². The number of hydrogen-bond acceptors (Lipinski definition) is 7. The summed E-state index contributed by atoms with van der Waals surface area (Å²) in [7, 11) is 0. The number of rotatable bonds is 4. The molecule has 0 aromatic carbocycles. The first kappa shape index (κ1) is 15.6. The molecule has 1 fully saturated rings. The van der Waals surface area contributed by atoms with Crippen LogP contribution in [-0.4, -0.2) is 55.6 Å². The average molecular weight is 300 g/mol. The van der Waals surface area contributed by atoms with Crippen molar-refractivity contribution in [2.75, 3.05) is 6.61 Å². The lowest BCUT2D eigenvalue weighted by molar-refractivity contribution is -0.116. The Morgan fingerprint density at radius 1 is 1.38 bits per heavy atom. The van der Waals surface area contributed by atoms with Crippen molar-refractivity contribution >= 4 is 5.78 Å². The molecule has 116 valence electrons. The number of carbonyl (C=O) groups excluding carboxylic acids is 1. The Balaban J connectivity index is 2.42. The molecule has 2 rings (SSSR count). The molecule has 0 saturated carbocycles. The fraction of sp³-hybridized carbons (Fsp3) is 0.583. The standard InChI is InChI=1S/C12H16N2O7/c1-5(16)2-6-3-14(12(20)13-10(6)19)11-9(18)8(17)7(4-15)21-11/h3,7-9,11,15,17-18H,2,4H2,1H3,(H,13,19,20)/t7-,8?,9?,11-/m0/s1. The first-order valence-corrected chi connectivity index (χ1v) is 6.31. The van der Waals surface area contributed by atoms with E-state index in [1.54, 1.807) is 0 Å². The highest BCUT2D eigenvalue weighted by Gasteiger charge is 2.43. The predicted molar refractivity (Wildman–Crippen MR) is 68.7 cm³/mol. The van der Waals surface area contributed by atoms with Crippen LogP contribution >= 0.6 is 0 Å². The second kappa shape index (κ2) is 5.90. The first-order valence-electron chi connectivity index (χ1n) is 6.31. The molecule has 1 saturated heterocycles. The summed E-state index contributed by atoms with van der Waals surface area (Å²) < 4.78 is 6.10. The molecule has 21 heavy (non-hydrogen) atoms. The van der Waals surface area contributed by atoms with Gasteiger partial charge in [0.15, 0.2) is 6.23 Å². The normalized spacial score (nSPS) is 28.8. The van der Waals surface area contributed by atoms with Crippen molar-refractivity contribution in [2.24, 2.45) is 0 Å². The van der Waals surface area contributed by atoms with E-state index in [0.717, 1.165) is 10.8 Å². The van der Waals surface area contributed by atoms with Crippen LogP contribution in [0.25, 0.3) is 0 Å². The summed E-state index contributed by atoms with van der Waals surface area (Å²) in [6, 6.07) is 0. The third-order valence-corrected chi connectivity index (χ3v) is 3.27.